The number of nitrogens with zero attached hydrogens (tertiary/aromatic N) is 1. The van der Waals surface area contributed by atoms with Crippen molar-refractivity contribution in [2.24, 2.45) is 0 Å². The second kappa shape index (κ2) is 8.40. The number of nitrogens with one attached hydrogen (secondary N) is 1. The molecule has 27 heavy (non-hydrogen) atoms. The van der Waals surface area contributed by atoms with Crippen molar-refractivity contribution in [1.82, 2.24) is 4.98 Å². The number of rotatable bonds is 7. The van der Waals surface area contributed by atoms with Gasteiger partial charge < -0.3 is 19.5 Å². The van der Waals surface area contributed by atoms with Gasteiger partial charge in [-0.2, -0.15) is 0 Å². The minimum absolute atomic E-state index is 0.242. The van der Waals surface area contributed by atoms with Gasteiger partial charge in [-0.1, -0.05) is 0 Å². The first-order valence-corrected chi connectivity index (χ1v) is 8.79. The molecule has 0 aliphatic rings. The number of benzene rings is 2. The van der Waals surface area contributed by atoms with Crippen LogP contribution >= 0.6 is 0 Å². The average Bonchev–Trinajstić information content (AvgIpc) is 2.69. The molecule has 0 unspecified atom stereocenters. The molecule has 6 heteroatoms. The zero-order chi connectivity index (χ0) is 19.2. The van der Waals surface area contributed by atoms with Gasteiger partial charge in [-0.05, 0) is 50.2 Å². The average molecular weight is 366 g/mol. The molecule has 0 aliphatic carbocycles. The third-order valence-electron chi connectivity index (χ3n) is 3.95. The summed E-state index contributed by atoms with van der Waals surface area (Å²) in [5, 5.41) is 3.78. The van der Waals surface area contributed by atoms with E-state index in [1.54, 1.807) is 31.5 Å². The Hall–Kier alpha value is -3.28. The molecule has 3 rings (SSSR count). The van der Waals surface area contributed by atoms with Gasteiger partial charge in [-0.3, -0.25) is 9.78 Å². The highest BCUT2D eigenvalue weighted by molar-refractivity contribution is 6.05. The molecule has 0 spiro atoms. The van der Waals surface area contributed by atoms with Crippen LogP contribution in [0.3, 0.4) is 0 Å². The predicted octanol–water partition coefficient (Wildman–Crippen LogP) is 4.29. The summed E-state index contributed by atoms with van der Waals surface area (Å²) in [6.07, 6.45) is 1.62. The van der Waals surface area contributed by atoms with Crippen molar-refractivity contribution in [1.29, 1.82) is 0 Å². The molecule has 1 N–H and O–H groups in total. The number of methoxy groups -OCH3 is 1. The van der Waals surface area contributed by atoms with Gasteiger partial charge in [0.1, 0.15) is 5.75 Å². The Morgan fingerprint density at radius 1 is 1.00 bits per heavy atom. The Labute approximate surface area is 158 Å². The van der Waals surface area contributed by atoms with E-state index in [1.807, 2.05) is 38.1 Å². The molecule has 6 nitrogen and oxygen atoms in total. The van der Waals surface area contributed by atoms with E-state index in [2.05, 4.69) is 10.3 Å². The lowest BCUT2D eigenvalue weighted by Crippen LogP contribution is -2.12. The van der Waals surface area contributed by atoms with Gasteiger partial charge in [-0.15, -0.1) is 0 Å². The van der Waals surface area contributed by atoms with Crippen molar-refractivity contribution in [2.75, 3.05) is 25.6 Å². The summed E-state index contributed by atoms with van der Waals surface area (Å²) in [6, 6.07) is 12.6. The number of pyridine rings is 1. The lowest BCUT2D eigenvalue weighted by Gasteiger charge is -2.12. The quantitative estimate of drug-likeness (QED) is 0.675. The van der Waals surface area contributed by atoms with Crippen LogP contribution in [-0.4, -0.2) is 31.2 Å². The molecule has 0 atom stereocenters. The molecule has 3 aromatic rings. The maximum atomic E-state index is 12.6. The summed E-state index contributed by atoms with van der Waals surface area (Å²) < 4.78 is 16.3. The first-order valence-electron chi connectivity index (χ1n) is 8.79. The van der Waals surface area contributed by atoms with Gasteiger partial charge in [0.2, 0.25) is 0 Å². The van der Waals surface area contributed by atoms with E-state index < -0.39 is 0 Å². The van der Waals surface area contributed by atoms with Crippen molar-refractivity contribution in [3.05, 3.63) is 54.2 Å². The van der Waals surface area contributed by atoms with Crippen LogP contribution in [0.4, 0.5) is 5.69 Å². The standard InChI is InChI=1S/C21H22N2O4/c1-4-26-19-9-7-15(11-20(19)27-5-2)21(24)23-16-10-14-6-8-17(25-3)12-18(14)22-13-16/h6-13H,4-5H2,1-3H3,(H,23,24). The van der Waals surface area contributed by atoms with E-state index in [1.165, 1.54) is 0 Å². The maximum Gasteiger partial charge on any atom is 0.255 e. The van der Waals surface area contributed by atoms with Crippen molar-refractivity contribution < 1.29 is 19.0 Å². The lowest BCUT2D eigenvalue weighted by molar-refractivity contribution is 0.102. The Bertz CT molecular complexity index is 956. The minimum atomic E-state index is -0.242. The molecule has 2 aromatic carbocycles. The largest absolute Gasteiger partial charge is 0.497 e. The van der Waals surface area contributed by atoms with Gasteiger partial charge >= 0.3 is 0 Å². The molecule has 1 aromatic heterocycles. The van der Waals surface area contributed by atoms with Crippen LogP contribution in [0, 0.1) is 0 Å². The number of amides is 1. The van der Waals surface area contributed by atoms with E-state index in [9.17, 15) is 4.79 Å². The maximum absolute atomic E-state index is 12.6. The topological polar surface area (TPSA) is 69.7 Å². The summed E-state index contributed by atoms with van der Waals surface area (Å²) in [6.45, 7) is 4.80. The number of aromatic nitrogens is 1. The van der Waals surface area contributed by atoms with Crippen LogP contribution in [0.15, 0.2) is 48.7 Å². The summed E-state index contributed by atoms with van der Waals surface area (Å²) in [7, 11) is 1.61. The number of hydrogen-bond donors (Lipinski definition) is 1. The molecular formula is C21H22N2O4. The monoisotopic (exact) mass is 366 g/mol. The van der Waals surface area contributed by atoms with Crippen LogP contribution in [0.5, 0.6) is 17.2 Å². The smallest absolute Gasteiger partial charge is 0.255 e. The fourth-order valence-electron chi connectivity index (χ4n) is 2.69. The first-order chi connectivity index (χ1) is 13.1. The molecule has 0 bridgehead atoms. The van der Waals surface area contributed by atoms with Crippen LogP contribution < -0.4 is 19.5 Å². The lowest BCUT2D eigenvalue weighted by atomic mass is 10.1. The number of carbonyl (C=O) groups is 1. The Balaban J connectivity index is 1.82. The van der Waals surface area contributed by atoms with Crippen molar-refractivity contribution in [3.8, 4) is 17.2 Å². The van der Waals surface area contributed by atoms with Crippen molar-refractivity contribution in [3.63, 3.8) is 0 Å². The predicted molar refractivity (Wildman–Crippen MR) is 105 cm³/mol. The molecule has 0 saturated heterocycles. The third-order valence-corrected chi connectivity index (χ3v) is 3.95. The normalized spacial score (nSPS) is 10.5. The van der Waals surface area contributed by atoms with Crippen molar-refractivity contribution in [2.45, 2.75) is 13.8 Å². The molecule has 0 fully saturated rings. The highest BCUT2D eigenvalue weighted by atomic mass is 16.5. The summed E-state index contributed by atoms with van der Waals surface area (Å²) in [5.74, 6) is 1.67. The number of fused-ring (bicyclic) bond motifs is 1. The second-order valence-electron chi connectivity index (χ2n) is 5.76. The van der Waals surface area contributed by atoms with Crippen LogP contribution in [0.25, 0.3) is 10.9 Å². The number of hydrogen-bond acceptors (Lipinski definition) is 5. The molecule has 1 amide bonds. The van der Waals surface area contributed by atoms with Gasteiger partial charge in [0, 0.05) is 17.0 Å². The van der Waals surface area contributed by atoms with Crippen LogP contribution in [0.1, 0.15) is 24.2 Å². The van der Waals surface area contributed by atoms with E-state index in [4.69, 9.17) is 14.2 Å². The number of ether oxygens (including phenoxy) is 3. The highest BCUT2D eigenvalue weighted by Gasteiger charge is 2.12. The zero-order valence-corrected chi connectivity index (χ0v) is 15.6. The minimum Gasteiger partial charge on any atom is -0.497 e. The van der Waals surface area contributed by atoms with E-state index in [-0.39, 0.29) is 5.91 Å². The SMILES string of the molecule is CCOc1ccc(C(=O)Nc2cnc3cc(OC)ccc3c2)cc1OCC. The van der Waals surface area contributed by atoms with E-state index in [0.717, 1.165) is 16.7 Å². The Morgan fingerprint density at radius 2 is 1.78 bits per heavy atom. The number of anilines is 1. The molecular weight excluding hydrogens is 344 g/mol. The van der Waals surface area contributed by atoms with E-state index in [0.29, 0.717) is 36.0 Å². The molecule has 0 saturated carbocycles. The zero-order valence-electron chi connectivity index (χ0n) is 15.6. The second-order valence-corrected chi connectivity index (χ2v) is 5.76. The van der Waals surface area contributed by atoms with Gasteiger partial charge in [0.05, 0.1) is 37.7 Å². The van der Waals surface area contributed by atoms with Crippen LogP contribution in [-0.2, 0) is 0 Å². The molecule has 0 radical (unpaired) electrons. The van der Waals surface area contributed by atoms with E-state index >= 15 is 0 Å². The molecule has 140 valence electrons. The third kappa shape index (κ3) is 4.28. The van der Waals surface area contributed by atoms with Gasteiger partial charge in [0.15, 0.2) is 11.5 Å². The highest BCUT2D eigenvalue weighted by Crippen LogP contribution is 2.29. The molecule has 0 aliphatic heterocycles. The fourth-order valence-corrected chi connectivity index (χ4v) is 2.69. The van der Waals surface area contributed by atoms with Crippen LogP contribution in [0.2, 0.25) is 0 Å². The van der Waals surface area contributed by atoms with Gasteiger partial charge in [-0.25, -0.2) is 0 Å². The first kappa shape index (κ1) is 18.5. The summed E-state index contributed by atoms with van der Waals surface area (Å²) in [4.78, 5) is 17.0. The van der Waals surface area contributed by atoms with Crippen molar-refractivity contribution >= 4 is 22.5 Å². The Morgan fingerprint density at radius 3 is 2.52 bits per heavy atom. The summed E-state index contributed by atoms with van der Waals surface area (Å²) >= 11 is 0. The molecule has 1 heterocycles. The Kier molecular flexibility index (Phi) is 5.76. The van der Waals surface area contributed by atoms with Gasteiger partial charge in [0.25, 0.3) is 5.91 Å². The number of carbonyl (C=O) groups excluding carboxylic acids is 1. The fraction of sp³-hybridized carbons (Fsp3) is 0.238. The summed E-state index contributed by atoms with van der Waals surface area (Å²) in [5.41, 5.74) is 1.90.